The number of fused-ring (bicyclic) bond motifs is 1. The first-order valence-corrected chi connectivity index (χ1v) is 7.55. The van der Waals surface area contributed by atoms with Gasteiger partial charge in [0.15, 0.2) is 0 Å². The van der Waals surface area contributed by atoms with Gasteiger partial charge in [0.05, 0.1) is 13.2 Å². The van der Waals surface area contributed by atoms with Crippen LogP contribution in [-0.2, 0) is 11.2 Å². The fraction of sp³-hybridized carbons (Fsp3) is 0.647. The molecule has 0 amide bonds. The number of hydrogen-bond donors (Lipinski definition) is 1. The molecule has 1 atom stereocenters. The molecule has 4 nitrogen and oxygen atoms in total. The van der Waals surface area contributed by atoms with Crippen LogP contribution in [0.5, 0.6) is 5.75 Å². The topological polar surface area (TPSA) is 47.7 Å². The zero-order valence-corrected chi connectivity index (χ0v) is 14.2. The Labute approximate surface area is 128 Å². The van der Waals surface area contributed by atoms with E-state index in [1.807, 2.05) is 14.1 Å². The fourth-order valence-corrected chi connectivity index (χ4v) is 2.84. The highest BCUT2D eigenvalue weighted by Crippen LogP contribution is 2.43. The second kappa shape index (κ2) is 5.85. The fourth-order valence-electron chi connectivity index (χ4n) is 2.84. The lowest BCUT2D eigenvalue weighted by Gasteiger charge is -2.24. The maximum Gasteiger partial charge on any atom is 0.134 e. The molecule has 0 spiro atoms. The van der Waals surface area contributed by atoms with Gasteiger partial charge >= 0.3 is 0 Å². The van der Waals surface area contributed by atoms with Crippen molar-refractivity contribution in [1.82, 2.24) is 4.90 Å². The third kappa shape index (κ3) is 3.16. The zero-order valence-electron chi connectivity index (χ0n) is 14.2. The van der Waals surface area contributed by atoms with Crippen molar-refractivity contribution >= 4 is 5.69 Å². The largest absolute Gasteiger partial charge is 0.484 e. The normalized spacial score (nSPS) is 20.7. The Balaban J connectivity index is 2.11. The van der Waals surface area contributed by atoms with E-state index in [-0.39, 0.29) is 5.60 Å². The van der Waals surface area contributed by atoms with E-state index < -0.39 is 0 Å². The lowest BCUT2D eigenvalue weighted by Crippen LogP contribution is -2.37. The average molecular weight is 292 g/mol. The Morgan fingerprint density at radius 3 is 2.48 bits per heavy atom. The molecule has 118 valence electrons. The van der Waals surface area contributed by atoms with E-state index in [1.165, 1.54) is 5.56 Å². The smallest absolute Gasteiger partial charge is 0.134 e. The molecule has 0 aliphatic carbocycles. The molecule has 1 aliphatic rings. The SMILES string of the molecule is Cc1c(C)c2c(c(C)c1N)CC(C)(COCCN(C)C)O2. The molecule has 4 heteroatoms. The molecular weight excluding hydrogens is 264 g/mol. The summed E-state index contributed by atoms with van der Waals surface area (Å²) in [5.74, 6) is 1.01. The number of nitrogens with zero attached hydrogens (tertiary/aromatic N) is 1. The molecule has 0 radical (unpaired) electrons. The highest BCUT2D eigenvalue weighted by Gasteiger charge is 2.38. The number of ether oxygens (including phenoxy) is 2. The molecule has 0 saturated carbocycles. The first kappa shape index (κ1) is 16.1. The van der Waals surface area contributed by atoms with Gasteiger partial charge in [0.1, 0.15) is 11.4 Å². The van der Waals surface area contributed by atoms with Crippen molar-refractivity contribution in [2.75, 3.05) is 39.6 Å². The van der Waals surface area contributed by atoms with E-state index in [1.54, 1.807) is 0 Å². The summed E-state index contributed by atoms with van der Waals surface area (Å²) in [5, 5.41) is 0. The Kier molecular flexibility index (Phi) is 4.49. The summed E-state index contributed by atoms with van der Waals surface area (Å²) in [6.07, 6.45) is 0.863. The van der Waals surface area contributed by atoms with E-state index in [2.05, 4.69) is 32.6 Å². The lowest BCUT2D eigenvalue weighted by molar-refractivity contribution is -0.00528. The van der Waals surface area contributed by atoms with E-state index in [0.717, 1.165) is 47.7 Å². The molecule has 1 heterocycles. The first-order valence-electron chi connectivity index (χ1n) is 7.55. The van der Waals surface area contributed by atoms with Crippen LogP contribution < -0.4 is 10.5 Å². The lowest BCUT2D eigenvalue weighted by atomic mass is 9.92. The van der Waals surface area contributed by atoms with Gasteiger partial charge < -0.3 is 20.1 Å². The van der Waals surface area contributed by atoms with Crippen LogP contribution in [0, 0.1) is 20.8 Å². The summed E-state index contributed by atoms with van der Waals surface area (Å²) in [6, 6.07) is 0. The van der Waals surface area contributed by atoms with Gasteiger partial charge in [0.2, 0.25) is 0 Å². The minimum absolute atomic E-state index is 0.287. The van der Waals surface area contributed by atoms with E-state index in [4.69, 9.17) is 15.2 Å². The predicted molar refractivity (Wildman–Crippen MR) is 87.2 cm³/mol. The molecule has 1 aromatic carbocycles. The molecule has 21 heavy (non-hydrogen) atoms. The van der Waals surface area contributed by atoms with Crippen molar-refractivity contribution in [3.63, 3.8) is 0 Å². The third-order valence-corrected chi connectivity index (χ3v) is 4.43. The number of anilines is 1. The van der Waals surface area contributed by atoms with E-state index in [0.29, 0.717) is 6.61 Å². The van der Waals surface area contributed by atoms with Crippen LogP contribution in [0.4, 0.5) is 5.69 Å². The van der Waals surface area contributed by atoms with Crippen LogP contribution >= 0.6 is 0 Å². The Bertz CT molecular complexity index is 501. The van der Waals surface area contributed by atoms with Crippen LogP contribution in [0.3, 0.4) is 0 Å². The van der Waals surface area contributed by atoms with Gasteiger partial charge in [-0.15, -0.1) is 0 Å². The van der Waals surface area contributed by atoms with Crippen molar-refractivity contribution in [1.29, 1.82) is 0 Å². The van der Waals surface area contributed by atoms with Gasteiger partial charge in [-0.2, -0.15) is 0 Å². The molecule has 2 N–H and O–H groups in total. The van der Waals surface area contributed by atoms with E-state index >= 15 is 0 Å². The van der Waals surface area contributed by atoms with Gasteiger partial charge in [0.25, 0.3) is 0 Å². The number of nitrogens with two attached hydrogens (primary N) is 1. The number of likely N-dealkylation sites (N-methyl/N-ethyl adjacent to an activating group) is 1. The van der Waals surface area contributed by atoms with Crippen LogP contribution in [0.1, 0.15) is 29.2 Å². The van der Waals surface area contributed by atoms with Crippen LogP contribution in [0.15, 0.2) is 0 Å². The quantitative estimate of drug-likeness (QED) is 0.669. The number of benzene rings is 1. The Morgan fingerprint density at radius 1 is 1.19 bits per heavy atom. The molecule has 0 bridgehead atoms. The summed E-state index contributed by atoms with van der Waals surface area (Å²) in [7, 11) is 4.09. The molecule has 0 saturated heterocycles. The summed E-state index contributed by atoms with van der Waals surface area (Å²) in [4.78, 5) is 2.12. The number of nitrogen functional groups attached to an aromatic ring is 1. The molecule has 1 aliphatic heterocycles. The van der Waals surface area contributed by atoms with E-state index in [9.17, 15) is 0 Å². The third-order valence-electron chi connectivity index (χ3n) is 4.43. The predicted octanol–water partition coefficient (Wildman–Crippen LogP) is 2.47. The molecule has 1 unspecified atom stereocenters. The second-order valence-electron chi connectivity index (χ2n) is 6.68. The summed E-state index contributed by atoms with van der Waals surface area (Å²) >= 11 is 0. The zero-order chi connectivity index (χ0) is 15.8. The summed E-state index contributed by atoms with van der Waals surface area (Å²) < 4.78 is 12.1. The molecule has 0 aromatic heterocycles. The van der Waals surface area contributed by atoms with Crippen molar-refractivity contribution in [3.05, 3.63) is 22.3 Å². The van der Waals surface area contributed by atoms with Gasteiger partial charge in [-0.3, -0.25) is 0 Å². The average Bonchev–Trinajstić information content (AvgIpc) is 2.78. The van der Waals surface area contributed by atoms with Gasteiger partial charge in [-0.25, -0.2) is 0 Å². The van der Waals surface area contributed by atoms with Gasteiger partial charge in [-0.05, 0) is 58.5 Å². The maximum absolute atomic E-state index is 6.25. The minimum Gasteiger partial charge on any atom is -0.484 e. The maximum atomic E-state index is 6.25. The highest BCUT2D eigenvalue weighted by atomic mass is 16.5. The Hall–Kier alpha value is -1.26. The van der Waals surface area contributed by atoms with Crippen molar-refractivity contribution < 1.29 is 9.47 Å². The molecule has 0 fully saturated rings. The van der Waals surface area contributed by atoms with Crippen molar-refractivity contribution in [3.8, 4) is 5.75 Å². The van der Waals surface area contributed by atoms with Crippen LogP contribution in [0.2, 0.25) is 0 Å². The Morgan fingerprint density at radius 2 is 1.86 bits per heavy atom. The van der Waals surface area contributed by atoms with Crippen molar-refractivity contribution in [2.24, 2.45) is 0 Å². The number of hydrogen-bond acceptors (Lipinski definition) is 4. The van der Waals surface area contributed by atoms with Crippen LogP contribution in [0.25, 0.3) is 0 Å². The standard InChI is InChI=1S/C17H28N2O2/c1-11-12(2)16-14(13(3)15(11)18)9-17(4,21-16)10-20-8-7-19(5)6/h7-10,18H2,1-6H3. The minimum atomic E-state index is -0.287. The second-order valence-corrected chi connectivity index (χ2v) is 6.68. The monoisotopic (exact) mass is 292 g/mol. The molecular formula is C17H28N2O2. The van der Waals surface area contributed by atoms with Gasteiger partial charge in [0, 0.05) is 24.2 Å². The van der Waals surface area contributed by atoms with Crippen LogP contribution in [-0.4, -0.2) is 44.4 Å². The molecule has 1 aromatic rings. The molecule has 2 rings (SSSR count). The van der Waals surface area contributed by atoms with Crippen molar-refractivity contribution in [2.45, 2.75) is 39.7 Å². The highest BCUT2D eigenvalue weighted by molar-refractivity contribution is 5.66. The number of rotatable bonds is 5. The van der Waals surface area contributed by atoms with Gasteiger partial charge in [-0.1, -0.05) is 0 Å². The first-order chi connectivity index (χ1) is 9.75. The summed E-state index contributed by atoms with van der Waals surface area (Å²) in [5.41, 5.74) is 11.5. The summed E-state index contributed by atoms with van der Waals surface area (Å²) in [6.45, 7) is 10.6.